The number of fused-ring (bicyclic) bond motifs is 2. The number of furan rings is 2. The zero-order valence-electron chi connectivity index (χ0n) is 29.5. The molecule has 0 radical (unpaired) electrons. The number of carbonyl (C=O) groups is 3. The minimum atomic E-state index is -0.598. The van der Waals surface area contributed by atoms with E-state index in [-0.39, 0.29) is 48.6 Å². The second-order valence-corrected chi connectivity index (χ2v) is 13.2. The molecule has 0 aliphatic carbocycles. The summed E-state index contributed by atoms with van der Waals surface area (Å²) in [5, 5.41) is 10.3. The van der Waals surface area contributed by atoms with Crippen LogP contribution in [0.2, 0.25) is 0 Å². The van der Waals surface area contributed by atoms with Gasteiger partial charge >= 0.3 is 6.09 Å². The molecule has 6 aromatic rings. The van der Waals surface area contributed by atoms with Crippen LogP contribution in [0.1, 0.15) is 53.0 Å². The molecule has 10 nitrogen and oxygen atoms in total. The van der Waals surface area contributed by atoms with Crippen LogP contribution in [0.15, 0.2) is 130 Å². The molecule has 272 valence electrons. The van der Waals surface area contributed by atoms with E-state index in [4.69, 9.17) is 19.3 Å². The molecule has 2 heterocycles. The van der Waals surface area contributed by atoms with E-state index in [1.807, 2.05) is 130 Å². The average Bonchev–Trinajstić information content (AvgIpc) is 3.75. The maximum Gasteiger partial charge on any atom is 0.407 e. The van der Waals surface area contributed by atoms with E-state index in [2.05, 4.69) is 16.0 Å². The quantitative estimate of drug-likeness (QED) is 0.108. The van der Waals surface area contributed by atoms with E-state index in [9.17, 15) is 14.4 Å². The summed E-state index contributed by atoms with van der Waals surface area (Å²) in [6, 6.07) is 37.7. The molecule has 3 amide bonds. The van der Waals surface area contributed by atoms with Crippen LogP contribution in [-0.4, -0.2) is 48.7 Å². The number of carbonyl (C=O) groups excluding carboxylic acids is 3. The highest BCUT2D eigenvalue weighted by Crippen LogP contribution is 2.20. The predicted molar refractivity (Wildman–Crippen MR) is 206 cm³/mol. The smallest absolute Gasteiger partial charge is 0.407 e. The van der Waals surface area contributed by atoms with Gasteiger partial charge in [-0.2, -0.15) is 0 Å². The largest absolute Gasteiger partial charge is 0.451 e. The third-order valence-corrected chi connectivity index (χ3v) is 7.72. The first-order chi connectivity index (χ1) is 24.5. The number of rotatable bonds is 11. The minimum absolute atomic E-state index is 0. The Kier molecular flexibility index (Phi) is 14.0. The number of nitrogens with one attached hydrogen (secondary N) is 3. The molecule has 0 saturated heterocycles. The fourth-order valence-electron chi connectivity index (χ4n) is 5.34. The van der Waals surface area contributed by atoms with Gasteiger partial charge in [-0.1, -0.05) is 97.1 Å². The van der Waals surface area contributed by atoms with Gasteiger partial charge in [0.1, 0.15) is 16.8 Å². The average molecular weight is 725 g/mol. The highest BCUT2D eigenvalue weighted by molar-refractivity contribution is 5.96. The predicted octanol–water partition coefficient (Wildman–Crippen LogP) is 7.45. The van der Waals surface area contributed by atoms with Gasteiger partial charge in [0, 0.05) is 29.9 Å². The van der Waals surface area contributed by atoms with Gasteiger partial charge in [0.25, 0.3) is 11.8 Å². The lowest BCUT2D eigenvalue weighted by Crippen LogP contribution is -2.46. The molecule has 6 rings (SSSR count). The van der Waals surface area contributed by atoms with Crippen molar-refractivity contribution < 1.29 is 28.0 Å². The topological polar surface area (TPSA) is 149 Å². The van der Waals surface area contributed by atoms with Gasteiger partial charge in [0.05, 0.1) is 6.04 Å². The molecule has 0 aliphatic heterocycles. The lowest BCUT2D eigenvalue weighted by atomic mass is 10.1. The highest BCUT2D eigenvalue weighted by Gasteiger charge is 2.21. The fraction of sp³-hybridized carbons (Fsp3) is 0.244. The number of para-hydroxylation sites is 2. The summed E-state index contributed by atoms with van der Waals surface area (Å²) < 4.78 is 16.5. The molecule has 5 N–H and O–H groups in total. The molecule has 0 saturated carbocycles. The Labute approximate surface area is 309 Å². The van der Waals surface area contributed by atoms with Crippen molar-refractivity contribution in [3.8, 4) is 0 Å². The monoisotopic (exact) mass is 724 g/mol. The molecule has 2 atom stereocenters. The van der Waals surface area contributed by atoms with E-state index in [0.29, 0.717) is 29.9 Å². The first-order valence-corrected chi connectivity index (χ1v) is 16.9. The zero-order valence-corrected chi connectivity index (χ0v) is 30.3. The normalized spacial score (nSPS) is 12.1. The van der Waals surface area contributed by atoms with Crippen LogP contribution in [-0.2, 0) is 17.6 Å². The number of nitrogens with two attached hydrogens (primary N) is 1. The van der Waals surface area contributed by atoms with Crippen molar-refractivity contribution in [3.63, 3.8) is 0 Å². The van der Waals surface area contributed by atoms with E-state index >= 15 is 0 Å². The first kappa shape index (κ1) is 39.2. The number of halogens is 1. The Morgan fingerprint density at radius 1 is 0.654 bits per heavy atom. The second-order valence-electron chi connectivity index (χ2n) is 13.2. The van der Waals surface area contributed by atoms with Gasteiger partial charge in [0.15, 0.2) is 11.5 Å². The van der Waals surface area contributed by atoms with Gasteiger partial charge in [-0.05, 0) is 69.0 Å². The summed E-state index contributed by atoms with van der Waals surface area (Å²) >= 11 is 0. The minimum Gasteiger partial charge on any atom is -0.451 e. The van der Waals surface area contributed by atoms with Crippen molar-refractivity contribution in [2.75, 3.05) is 13.1 Å². The summed E-state index contributed by atoms with van der Waals surface area (Å²) in [4.78, 5) is 36.9. The number of amides is 3. The van der Waals surface area contributed by atoms with Gasteiger partial charge in [0.2, 0.25) is 0 Å². The standard InChI is InChI=1S/C23H26N2O4.C18H18N2O2.ClH/c1-23(2,3)29-22(27)25-18(13-16-9-5-4-6-10-16)15-24-21(26)20-14-17-11-7-8-12-19(17)28-20;19-15(10-13-6-2-1-3-7-13)12-20-18(21)17-11-14-8-4-5-9-16(14)22-17;/h4-12,14,18H,13,15H2,1-3H3,(H,24,26)(H,25,27);1-9,11,15H,10,12,19H2,(H,20,21);1H/t18-;15-;/m00./s1. The van der Waals surface area contributed by atoms with E-state index in [1.54, 1.807) is 12.1 Å². The number of ether oxygens (including phenoxy) is 1. The summed E-state index contributed by atoms with van der Waals surface area (Å²) in [6.45, 7) is 6.07. The van der Waals surface area contributed by atoms with Gasteiger partial charge in [-0.3, -0.25) is 9.59 Å². The fourth-order valence-corrected chi connectivity index (χ4v) is 5.34. The second kappa shape index (κ2) is 18.6. The van der Waals surface area contributed by atoms with Crippen LogP contribution < -0.4 is 21.7 Å². The van der Waals surface area contributed by atoms with Crippen molar-refractivity contribution in [3.05, 3.63) is 144 Å². The SMILES string of the molecule is CC(C)(C)OC(=O)N[C@H](CNC(=O)c1cc2ccccc2o1)Cc1ccccc1.Cl.N[C@H](CNC(=O)c1cc2ccccc2o1)Cc1ccccc1. The summed E-state index contributed by atoms with van der Waals surface area (Å²) in [6.07, 6.45) is 0.762. The van der Waals surface area contributed by atoms with E-state index in [1.165, 1.54) is 0 Å². The number of hydrogen-bond donors (Lipinski definition) is 4. The van der Waals surface area contributed by atoms with Crippen LogP contribution >= 0.6 is 12.4 Å². The van der Waals surface area contributed by atoms with Crippen molar-refractivity contribution in [1.82, 2.24) is 16.0 Å². The van der Waals surface area contributed by atoms with Crippen LogP contribution in [0.5, 0.6) is 0 Å². The molecule has 4 aromatic carbocycles. The molecule has 0 bridgehead atoms. The third kappa shape index (κ3) is 12.0. The van der Waals surface area contributed by atoms with Gasteiger partial charge < -0.3 is 35.3 Å². The summed E-state index contributed by atoms with van der Waals surface area (Å²) in [5.74, 6) is -0.0139. The molecule has 52 heavy (non-hydrogen) atoms. The van der Waals surface area contributed by atoms with Crippen molar-refractivity contribution in [2.45, 2.75) is 51.3 Å². The zero-order chi connectivity index (χ0) is 36.2. The Morgan fingerprint density at radius 3 is 1.58 bits per heavy atom. The summed E-state index contributed by atoms with van der Waals surface area (Å²) in [7, 11) is 0. The highest BCUT2D eigenvalue weighted by atomic mass is 35.5. The van der Waals surface area contributed by atoms with Crippen LogP contribution in [0.25, 0.3) is 21.9 Å². The summed E-state index contributed by atoms with van der Waals surface area (Å²) in [5.41, 5.74) is 9.04. The van der Waals surface area contributed by atoms with Crippen LogP contribution in [0, 0.1) is 0 Å². The Balaban J connectivity index is 0.000000236. The lowest BCUT2D eigenvalue weighted by molar-refractivity contribution is 0.0501. The third-order valence-electron chi connectivity index (χ3n) is 7.72. The number of benzene rings is 4. The number of alkyl carbamates (subject to hydrolysis) is 1. The molecular weight excluding hydrogens is 680 g/mol. The van der Waals surface area contributed by atoms with Gasteiger partial charge in [-0.15, -0.1) is 12.4 Å². The molecule has 0 aliphatic rings. The maximum atomic E-state index is 12.5. The van der Waals surface area contributed by atoms with E-state index < -0.39 is 11.7 Å². The Bertz CT molecular complexity index is 1970. The van der Waals surface area contributed by atoms with Crippen LogP contribution in [0.4, 0.5) is 4.79 Å². The first-order valence-electron chi connectivity index (χ1n) is 16.9. The van der Waals surface area contributed by atoms with Crippen molar-refractivity contribution >= 4 is 52.3 Å². The molecule has 0 unspecified atom stereocenters. The van der Waals surface area contributed by atoms with Crippen molar-refractivity contribution in [1.29, 1.82) is 0 Å². The Hall–Kier alpha value is -5.58. The molecule has 11 heteroatoms. The Morgan fingerprint density at radius 2 is 1.10 bits per heavy atom. The molecule has 0 spiro atoms. The molecule has 2 aromatic heterocycles. The van der Waals surface area contributed by atoms with Crippen molar-refractivity contribution in [2.24, 2.45) is 5.73 Å². The molecule has 0 fully saturated rings. The maximum absolute atomic E-state index is 12.5. The van der Waals surface area contributed by atoms with E-state index in [0.717, 1.165) is 28.3 Å². The lowest BCUT2D eigenvalue weighted by Gasteiger charge is -2.24. The van der Waals surface area contributed by atoms with Gasteiger partial charge in [-0.25, -0.2) is 4.79 Å². The van der Waals surface area contributed by atoms with Crippen LogP contribution in [0.3, 0.4) is 0 Å². The number of hydrogen-bond acceptors (Lipinski definition) is 7. The molecular formula is C41H45ClN4O6.